The van der Waals surface area contributed by atoms with Gasteiger partial charge in [-0.2, -0.15) is 0 Å². The van der Waals surface area contributed by atoms with Gasteiger partial charge in [0.05, 0.1) is 6.04 Å². The summed E-state index contributed by atoms with van der Waals surface area (Å²) in [5.41, 5.74) is 0.693. The van der Waals surface area contributed by atoms with Crippen molar-refractivity contribution in [1.29, 1.82) is 0 Å². The number of rotatable bonds is 5. The lowest BCUT2D eigenvalue weighted by atomic mass is 10.0. The number of fused-ring (bicyclic) bond motifs is 2. The predicted octanol–water partition coefficient (Wildman–Crippen LogP) is 1.27. The average molecular weight is 353 g/mol. The zero-order valence-electron chi connectivity index (χ0n) is 14.1. The van der Waals surface area contributed by atoms with Gasteiger partial charge in [0.1, 0.15) is 6.61 Å². The van der Waals surface area contributed by atoms with Crippen molar-refractivity contribution in [3.8, 4) is 5.88 Å². The fourth-order valence-electron chi connectivity index (χ4n) is 3.38. The summed E-state index contributed by atoms with van der Waals surface area (Å²) in [4.78, 5) is 30.5. The molecular formula is C19H19N3O4. The highest BCUT2D eigenvalue weighted by Crippen LogP contribution is 2.29. The lowest BCUT2D eigenvalue weighted by molar-refractivity contribution is -0.119. The van der Waals surface area contributed by atoms with E-state index in [1.165, 1.54) is 0 Å². The van der Waals surface area contributed by atoms with Crippen molar-refractivity contribution >= 4 is 27.5 Å². The smallest absolute Gasteiger partial charge is 0.255 e. The van der Waals surface area contributed by atoms with Gasteiger partial charge >= 0.3 is 0 Å². The van der Waals surface area contributed by atoms with E-state index < -0.39 is 0 Å². The maximum Gasteiger partial charge on any atom is 0.255 e. The third-order valence-electron chi connectivity index (χ3n) is 4.72. The highest BCUT2D eigenvalue weighted by atomic mass is 16.5. The van der Waals surface area contributed by atoms with E-state index in [9.17, 15) is 14.7 Å². The second-order valence-electron chi connectivity index (χ2n) is 6.47. The minimum absolute atomic E-state index is 0.00302. The Bertz CT molecular complexity index is 1040. The number of carbonyl (C=O) groups excluding carboxylic acids is 1. The van der Waals surface area contributed by atoms with Crippen LogP contribution >= 0.6 is 0 Å². The van der Waals surface area contributed by atoms with E-state index >= 15 is 0 Å². The third kappa shape index (κ3) is 3.01. The molecule has 7 heteroatoms. The number of carbonyl (C=O) groups is 1. The molecule has 0 spiro atoms. The van der Waals surface area contributed by atoms with E-state index in [0.717, 1.165) is 28.1 Å². The van der Waals surface area contributed by atoms with Crippen LogP contribution < -0.4 is 15.6 Å². The first-order valence-corrected chi connectivity index (χ1v) is 8.62. The Morgan fingerprint density at radius 2 is 2.12 bits per heavy atom. The van der Waals surface area contributed by atoms with Crippen molar-refractivity contribution in [3.63, 3.8) is 0 Å². The summed E-state index contributed by atoms with van der Waals surface area (Å²) in [5, 5.41) is 15.2. The number of nitrogens with one attached hydrogen (secondary N) is 2. The van der Waals surface area contributed by atoms with Crippen LogP contribution in [0.4, 0.5) is 0 Å². The Kier molecular flexibility index (Phi) is 4.30. The molecule has 7 nitrogen and oxygen atoms in total. The van der Waals surface area contributed by atoms with Gasteiger partial charge in [-0.3, -0.25) is 9.59 Å². The van der Waals surface area contributed by atoms with Crippen molar-refractivity contribution in [3.05, 3.63) is 46.5 Å². The molecule has 1 aromatic carbocycles. The van der Waals surface area contributed by atoms with Crippen molar-refractivity contribution in [2.24, 2.45) is 0 Å². The molecule has 3 aromatic rings. The first-order valence-electron chi connectivity index (χ1n) is 8.62. The molecule has 4 rings (SSSR count). The molecule has 134 valence electrons. The highest BCUT2D eigenvalue weighted by molar-refractivity contribution is 6.01. The van der Waals surface area contributed by atoms with E-state index in [1.807, 2.05) is 18.2 Å². The molecule has 1 fully saturated rings. The van der Waals surface area contributed by atoms with Crippen LogP contribution in [0.15, 0.2) is 35.4 Å². The second-order valence-corrected chi connectivity index (χ2v) is 6.47. The molecule has 0 radical (unpaired) electrons. The normalized spacial score (nSPS) is 17.0. The first-order chi connectivity index (χ1) is 12.7. The van der Waals surface area contributed by atoms with Crippen LogP contribution in [0.25, 0.3) is 21.5 Å². The Morgan fingerprint density at radius 3 is 2.88 bits per heavy atom. The molecule has 0 aliphatic carbocycles. The van der Waals surface area contributed by atoms with Crippen LogP contribution in [-0.4, -0.2) is 40.2 Å². The van der Waals surface area contributed by atoms with E-state index in [2.05, 4.69) is 15.3 Å². The van der Waals surface area contributed by atoms with Gasteiger partial charge in [-0.15, -0.1) is 0 Å². The van der Waals surface area contributed by atoms with Gasteiger partial charge in [-0.25, -0.2) is 4.98 Å². The van der Waals surface area contributed by atoms with Crippen molar-refractivity contribution in [2.45, 2.75) is 25.3 Å². The summed E-state index contributed by atoms with van der Waals surface area (Å²) in [6.07, 6.45) is 5.00. The number of aromatic amines is 1. The fourth-order valence-corrected chi connectivity index (χ4v) is 3.38. The number of pyridine rings is 2. The van der Waals surface area contributed by atoms with Gasteiger partial charge < -0.3 is 20.1 Å². The lowest BCUT2D eigenvalue weighted by Gasteiger charge is -2.13. The van der Waals surface area contributed by atoms with E-state index in [4.69, 9.17) is 4.74 Å². The Hall–Kier alpha value is -2.93. The molecule has 3 heterocycles. The molecule has 1 aliphatic rings. The minimum atomic E-state index is -0.170. The van der Waals surface area contributed by atoms with Crippen LogP contribution in [0.1, 0.15) is 18.4 Å². The number of amides is 1. The highest BCUT2D eigenvalue weighted by Gasteiger charge is 2.21. The number of ether oxygens (including phenoxy) is 1. The zero-order valence-corrected chi connectivity index (χ0v) is 14.1. The van der Waals surface area contributed by atoms with E-state index in [0.29, 0.717) is 30.7 Å². The number of aliphatic hydroxyl groups is 1. The molecule has 0 bridgehead atoms. The largest absolute Gasteiger partial charge is 0.475 e. The molecule has 2 aromatic heterocycles. The molecule has 0 unspecified atom stereocenters. The van der Waals surface area contributed by atoms with Gasteiger partial charge in [0.2, 0.25) is 11.8 Å². The molecule has 1 atom stereocenters. The molecule has 3 N–H and O–H groups in total. The summed E-state index contributed by atoms with van der Waals surface area (Å²) >= 11 is 0. The molecule has 26 heavy (non-hydrogen) atoms. The van der Waals surface area contributed by atoms with Crippen LogP contribution in [0.2, 0.25) is 0 Å². The Morgan fingerprint density at radius 1 is 1.23 bits per heavy atom. The van der Waals surface area contributed by atoms with Crippen LogP contribution in [-0.2, 0) is 11.2 Å². The summed E-state index contributed by atoms with van der Waals surface area (Å²) in [6, 6.07) is 5.53. The zero-order chi connectivity index (χ0) is 18.1. The van der Waals surface area contributed by atoms with Crippen molar-refractivity contribution in [2.75, 3.05) is 13.2 Å². The Balaban J connectivity index is 1.76. The quantitative estimate of drug-likeness (QED) is 0.599. The molecular weight excluding hydrogens is 334 g/mol. The second kappa shape index (κ2) is 6.76. The molecule has 1 aliphatic heterocycles. The number of hydrogen-bond acceptors (Lipinski definition) is 5. The van der Waals surface area contributed by atoms with Gasteiger partial charge in [-0.05, 0) is 47.4 Å². The van der Waals surface area contributed by atoms with E-state index in [-0.39, 0.29) is 24.1 Å². The summed E-state index contributed by atoms with van der Waals surface area (Å²) in [6.45, 7) is 0.353. The molecule has 1 amide bonds. The number of benzene rings is 1. The maximum absolute atomic E-state index is 12.2. The maximum atomic E-state index is 12.2. The summed E-state index contributed by atoms with van der Waals surface area (Å²) in [5.74, 6) is 0.518. The molecule has 1 saturated heterocycles. The topological polar surface area (TPSA) is 104 Å². The van der Waals surface area contributed by atoms with Crippen LogP contribution in [0.3, 0.4) is 0 Å². The lowest BCUT2D eigenvalue weighted by Crippen LogP contribution is -2.31. The summed E-state index contributed by atoms with van der Waals surface area (Å²) in [7, 11) is 0. The van der Waals surface area contributed by atoms with E-state index in [1.54, 1.807) is 12.4 Å². The standard InChI is InChI=1S/C19H19N3O4/c23-6-4-12-9-21-18(25)16-7-11-3-5-20-19(15(11)8-14(12)16)26-10-13-1-2-17(24)22-13/h3,5,7-9,13,23H,1-2,4,6,10H2,(H,21,25)(H,22,24)/t13-/m0/s1. The van der Waals surface area contributed by atoms with Gasteiger partial charge in [-0.1, -0.05) is 0 Å². The van der Waals surface area contributed by atoms with Crippen molar-refractivity contribution < 1.29 is 14.6 Å². The first kappa shape index (κ1) is 16.5. The number of nitrogens with zero attached hydrogens (tertiary/aromatic N) is 1. The number of aromatic nitrogens is 2. The minimum Gasteiger partial charge on any atom is -0.475 e. The number of aliphatic hydroxyl groups excluding tert-OH is 1. The van der Waals surface area contributed by atoms with Gasteiger partial charge in [0, 0.05) is 36.2 Å². The summed E-state index contributed by atoms with van der Waals surface area (Å²) < 4.78 is 5.87. The molecule has 0 saturated carbocycles. The number of H-pyrrole nitrogens is 1. The Labute approximate surface area is 149 Å². The van der Waals surface area contributed by atoms with Crippen LogP contribution in [0.5, 0.6) is 5.88 Å². The number of hydrogen-bond donors (Lipinski definition) is 3. The SMILES string of the molecule is O=C1CC[C@@H](COc2nccc3cc4c(=O)[nH]cc(CCO)c4cc23)N1. The van der Waals surface area contributed by atoms with Crippen LogP contribution in [0, 0.1) is 0 Å². The van der Waals surface area contributed by atoms with Gasteiger partial charge in [0.25, 0.3) is 5.56 Å². The van der Waals surface area contributed by atoms with Crippen molar-refractivity contribution in [1.82, 2.24) is 15.3 Å². The predicted molar refractivity (Wildman–Crippen MR) is 97.3 cm³/mol. The third-order valence-corrected chi connectivity index (χ3v) is 4.72. The fraction of sp³-hybridized carbons (Fsp3) is 0.316. The monoisotopic (exact) mass is 353 g/mol. The average Bonchev–Trinajstić information content (AvgIpc) is 3.06. The van der Waals surface area contributed by atoms with Gasteiger partial charge in [0.15, 0.2) is 0 Å².